The van der Waals surface area contributed by atoms with E-state index in [1.54, 1.807) is 13.0 Å². The smallest absolute Gasteiger partial charge is 0.341 e. The van der Waals surface area contributed by atoms with Gasteiger partial charge in [-0.25, -0.2) is 9.78 Å². The van der Waals surface area contributed by atoms with Gasteiger partial charge in [0.05, 0.1) is 28.9 Å². The van der Waals surface area contributed by atoms with E-state index in [0.29, 0.717) is 38.8 Å². The van der Waals surface area contributed by atoms with Crippen LogP contribution in [0.4, 0.5) is 5.00 Å². The molecular formula is C29H26N2O5S. The summed E-state index contributed by atoms with van der Waals surface area (Å²) in [5.74, 6) is 0.671. The first-order chi connectivity index (χ1) is 18.1. The summed E-state index contributed by atoms with van der Waals surface area (Å²) in [5.41, 5.74) is 4.18. The van der Waals surface area contributed by atoms with Crippen LogP contribution in [0.2, 0.25) is 0 Å². The number of esters is 1. The van der Waals surface area contributed by atoms with Crippen LogP contribution in [0.15, 0.2) is 48.5 Å². The number of rotatable bonds is 5. The summed E-state index contributed by atoms with van der Waals surface area (Å²) in [4.78, 5) is 32.7. The van der Waals surface area contributed by atoms with E-state index in [9.17, 15) is 9.59 Å². The van der Waals surface area contributed by atoms with Crippen LogP contribution < -0.4 is 14.8 Å². The van der Waals surface area contributed by atoms with Gasteiger partial charge in [0.25, 0.3) is 5.91 Å². The summed E-state index contributed by atoms with van der Waals surface area (Å²) >= 11 is 1.49. The third-order valence-electron chi connectivity index (χ3n) is 6.76. The van der Waals surface area contributed by atoms with Crippen molar-refractivity contribution in [1.82, 2.24) is 4.98 Å². The van der Waals surface area contributed by atoms with E-state index >= 15 is 0 Å². The number of carbonyl (C=O) groups is 2. The fourth-order valence-corrected chi connectivity index (χ4v) is 6.26. The number of benzene rings is 2. The van der Waals surface area contributed by atoms with Gasteiger partial charge in [0, 0.05) is 15.8 Å². The standard InChI is InChI=1S/C29H26N2O5S/c1-2-34-29(33)26-19-9-4-3-5-11-25(19)37-28(26)31-27(32)20-15-22(30-21-10-7-6-8-18(20)21)17-12-13-23-24(14-17)36-16-35-23/h6-8,10,12-15H,2-5,9,11,16H2,1H3,(H,31,32). The highest BCUT2D eigenvalue weighted by atomic mass is 32.1. The molecule has 6 rings (SSSR count). The van der Waals surface area contributed by atoms with Gasteiger partial charge in [0.1, 0.15) is 5.00 Å². The maximum absolute atomic E-state index is 13.8. The van der Waals surface area contributed by atoms with Crippen molar-refractivity contribution in [3.05, 3.63) is 70.1 Å². The Morgan fingerprint density at radius 1 is 1.03 bits per heavy atom. The molecule has 0 bridgehead atoms. The second-order valence-corrected chi connectivity index (χ2v) is 10.2. The molecule has 1 N–H and O–H groups in total. The van der Waals surface area contributed by atoms with E-state index in [1.165, 1.54) is 11.3 Å². The molecule has 0 saturated heterocycles. The average molecular weight is 515 g/mol. The molecule has 0 atom stereocenters. The van der Waals surface area contributed by atoms with E-state index in [2.05, 4.69) is 5.32 Å². The number of anilines is 1. The highest BCUT2D eigenvalue weighted by Crippen LogP contribution is 2.39. The molecule has 4 aromatic rings. The molecule has 3 heterocycles. The number of hydrogen-bond acceptors (Lipinski definition) is 7. The van der Waals surface area contributed by atoms with Crippen LogP contribution in [-0.2, 0) is 17.6 Å². The minimum absolute atomic E-state index is 0.186. The average Bonchev–Trinajstić information content (AvgIpc) is 3.45. The van der Waals surface area contributed by atoms with Gasteiger partial charge in [-0.05, 0) is 68.5 Å². The van der Waals surface area contributed by atoms with Crippen LogP contribution in [0.5, 0.6) is 11.5 Å². The van der Waals surface area contributed by atoms with Crippen molar-refractivity contribution in [2.24, 2.45) is 0 Å². The van der Waals surface area contributed by atoms with Crippen LogP contribution in [0, 0.1) is 0 Å². The molecule has 188 valence electrons. The number of para-hydroxylation sites is 1. The molecule has 2 aliphatic rings. The summed E-state index contributed by atoms with van der Waals surface area (Å²) in [6.45, 7) is 2.26. The zero-order chi connectivity index (χ0) is 25.4. The number of nitrogens with one attached hydrogen (secondary N) is 1. The van der Waals surface area contributed by atoms with Gasteiger partial charge in [-0.3, -0.25) is 4.79 Å². The lowest BCUT2D eigenvalue weighted by atomic mass is 10.0. The number of thiophene rings is 1. The third kappa shape index (κ3) is 4.42. The minimum Gasteiger partial charge on any atom is -0.462 e. The predicted molar refractivity (Wildman–Crippen MR) is 143 cm³/mol. The molecule has 0 fully saturated rings. The fourth-order valence-electron chi connectivity index (χ4n) is 4.99. The Hall–Kier alpha value is -3.91. The van der Waals surface area contributed by atoms with Crippen molar-refractivity contribution in [2.45, 2.75) is 39.0 Å². The normalized spacial score (nSPS) is 14.2. The third-order valence-corrected chi connectivity index (χ3v) is 7.96. The van der Waals surface area contributed by atoms with Crippen molar-refractivity contribution in [3.63, 3.8) is 0 Å². The monoisotopic (exact) mass is 514 g/mol. The molecule has 7 nitrogen and oxygen atoms in total. The summed E-state index contributed by atoms with van der Waals surface area (Å²) in [7, 11) is 0. The first-order valence-electron chi connectivity index (χ1n) is 12.5. The lowest BCUT2D eigenvalue weighted by Gasteiger charge is -2.12. The Morgan fingerprint density at radius 2 is 1.86 bits per heavy atom. The van der Waals surface area contributed by atoms with Crippen molar-refractivity contribution in [3.8, 4) is 22.8 Å². The SMILES string of the molecule is CCOC(=O)c1c(NC(=O)c2cc(-c3ccc4c(c3)OCO4)nc3ccccc23)sc2c1CCCCC2. The van der Waals surface area contributed by atoms with E-state index in [4.69, 9.17) is 19.2 Å². The summed E-state index contributed by atoms with van der Waals surface area (Å²) in [6, 6.07) is 15.0. The Morgan fingerprint density at radius 3 is 2.76 bits per heavy atom. The van der Waals surface area contributed by atoms with Crippen LogP contribution in [0.25, 0.3) is 22.2 Å². The Balaban J connectivity index is 1.41. The summed E-state index contributed by atoms with van der Waals surface area (Å²) in [6.07, 6.45) is 4.97. The summed E-state index contributed by atoms with van der Waals surface area (Å²) in [5, 5.41) is 4.36. The van der Waals surface area contributed by atoms with Crippen molar-refractivity contribution < 1.29 is 23.8 Å². The molecule has 0 spiro atoms. The highest BCUT2D eigenvalue weighted by molar-refractivity contribution is 7.17. The zero-order valence-corrected chi connectivity index (χ0v) is 21.3. The molecular weight excluding hydrogens is 488 g/mol. The maximum atomic E-state index is 13.8. The number of aromatic nitrogens is 1. The van der Waals surface area contributed by atoms with Gasteiger partial charge >= 0.3 is 5.97 Å². The minimum atomic E-state index is -0.377. The molecule has 1 aliphatic carbocycles. The Bertz CT molecular complexity index is 1530. The number of aryl methyl sites for hydroxylation is 1. The van der Waals surface area contributed by atoms with Gasteiger partial charge in [0.2, 0.25) is 6.79 Å². The van der Waals surface area contributed by atoms with E-state index in [0.717, 1.165) is 53.5 Å². The largest absolute Gasteiger partial charge is 0.462 e. The van der Waals surface area contributed by atoms with Gasteiger partial charge in [-0.2, -0.15) is 0 Å². The highest BCUT2D eigenvalue weighted by Gasteiger charge is 2.27. The van der Waals surface area contributed by atoms with Gasteiger partial charge in [0.15, 0.2) is 11.5 Å². The zero-order valence-electron chi connectivity index (χ0n) is 20.5. The fraction of sp³-hybridized carbons (Fsp3) is 0.276. The number of nitrogens with zero attached hydrogens (tertiary/aromatic N) is 1. The Kier molecular flexibility index (Phi) is 6.26. The lowest BCUT2D eigenvalue weighted by Crippen LogP contribution is -2.16. The maximum Gasteiger partial charge on any atom is 0.341 e. The molecule has 1 aliphatic heterocycles. The molecule has 1 amide bonds. The van der Waals surface area contributed by atoms with E-state index in [-0.39, 0.29) is 25.3 Å². The van der Waals surface area contributed by atoms with Gasteiger partial charge in [-0.15, -0.1) is 11.3 Å². The topological polar surface area (TPSA) is 86.8 Å². The molecule has 0 unspecified atom stereocenters. The quantitative estimate of drug-likeness (QED) is 0.245. The first kappa shape index (κ1) is 23.5. The van der Waals surface area contributed by atoms with E-state index < -0.39 is 0 Å². The van der Waals surface area contributed by atoms with E-state index in [1.807, 2.05) is 42.5 Å². The number of hydrogen-bond donors (Lipinski definition) is 1. The lowest BCUT2D eigenvalue weighted by molar-refractivity contribution is 0.0527. The summed E-state index contributed by atoms with van der Waals surface area (Å²) < 4.78 is 16.4. The van der Waals surface area contributed by atoms with Crippen LogP contribution in [0.1, 0.15) is 57.3 Å². The molecule has 2 aromatic carbocycles. The number of pyridine rings is 1. The van der Waals surface area contributed by atoms with Crippen molar-refractivity contribution in [2.75, 3.05) is 18.7 Å². The number of amides is 1. The molecule has 37 heavy (non-hydrogen) atoms. The van der Waals surface area contributed by atoms with Crippen LogP contribution in [-0.4, -0.2) is 30.3 Å². The second-order valence-electron chi connectivity index (χ2n) is 9.08. The molecule has 2 aromatic heterocycles. The molecule has 8 heteroatoms. The molecule has 0 saturated carbocycles. The van der Waals surface area contributed by atoms with Crippen molar-refractivity contribution >= 4 is 39.1 Å². The predicted octanol–water partition coefficient (Wildman–Crippen LogP) is 6.39. The van der Waals surface area contributed by atoms with Crippen molar-refractivity contribution in [1.29, 1.82) is 0 Å². The van der Waals surface area contributed by atoms with Gasteiger partial charge in [-0.1, -0.05) is 24.6 Å². The Labute approximate surface area is 218 Å². The molecule has 0 radical (unpaired) electrons. The van der Waals surface area contributed by atoms with Gasteiger partial charge < -0.3 is 19.5 Å². The van der Waals surface area contributed by atoms with Crippen LogP contribution >= 0.6 is 11.3 Å². The number of carbonyl (C=O) groups excluding carboxylic acids is 2. The second kappa shape index (κ2) is 9.86. The van der Waals surface area contributed by atoms with Crippen LogP contribution in [0.3, 0.4) is 0 Å². The number of fused-ring (bicyclic) bond motifs is 3. The first-order valence-corrected chi connectivity index (χ1v) is 13.4. The number of ether oxygens (including phenoxy) is 3.